The van der Waals surface area contributed by atoms with Crippen LogP contribution in [0.15, 0.2) is 151 Å². The summed E-state index contributed by atoms with van der Waals surface area (Å²) < 4.78 is 0. The van der Waals surface area contributed by atoms with Crippen molar-refractivity contribution in [3.8, 4) is 68.8 Å². The highest BCUT2D eigenvalue weighted by molar-refractivity contribution is 6.42. The molecule has 0 saturated carbocycles. The predicted molar refractivity (Wildman–Crippen MR) is 227 cm³/mol. The smallest absolute Gasteiger partial charge is 0.177 e. The number of hydrogen-bond acceptors (Lipinski definition) is 7. The van der Waals surface area contributed by atoms with Crippen LogP contribution in [0.2, 0.25) is 0 Å². The third-order valence-electron chi connectivity index (χ3n) is 10.5. The molecule has 0 fully saturated rings. The lowest BCUT2D eigenvalue weighted by Gasteiger charge is -2.26. The number of nitrogens with zero attached hydrogens (tertiary/aromatic N) is 7. The Morgan fingerprint density at radius 2 is 0.860 bits per heavy atom. The molecule has 0 aliphatic carbocycles. The van der Waals surface area contributed by atoms with Crippen molar-refractivity contribution in [3.05, 3.63) is 163 Å². The third kappa shape index (κ3) is 5.36. The molecule has 1 aromatic heterocycles. The number of hydrogen-bond donors (Lipinski definition) is 0. The van der Waals surface area contributed by atoms with Gasteiger partial charge in [-0.2, -0.15) is 21.0 Å². The highest BCUT2D eigenvalue weighted by Crippen LogP contribution is 2.55. The number of rotatable bonds is 6. The lowest BCUT2D eigenvalue weighted by molar-refractivity contribution is 1.21. The summed E-state index contributed by atoms with van der Waals surface area (Å²) in [4.78, 5) is 15.0. The monoisotopic (exact) mass is 725 g/mol. The molecular weight excluding hydrogens is 699 g/mol. The lowest BCUT2D eigenvalue weighted by Crippen LogP contribution is -2.03. The van der Waals surface area contributed by atoms with Gasteiger partial charge in [0.05, 0.1) is 22.3 Å². The Hall–Kier alpha value is -8.49. The first-order valence-electron chi connectivity index (χ1n) is 18.1. The first-order chi connectivity index (χ1) is 28.0. The highest BCUT2D eigenvalue weighted by Gasteiger charge is 2.30. The second-order valence-corrected chi connectivity index (χ2v) is 13.6. The maximum atomic E-state index is 10.4. The molecule has 0 radical (unpaired) electrons. The molecule has 9 rings (SSSR count). The normalized spacial score (nSPS) is 11.4. The van der Waals surface area contributed by atoms with Crippen molar-refractivity contribution in [2.75, 3.05) is 0 Å². The molecule has 1 heterocycles. The summed E-state index contributed by atoms with van der Waals surface area (Å²) in [7, 11) is 0. The number of fused-ring (bicyclic) bond motifs is 3. The van der Waals surface area contributed by atoms with Gasteiger partial charge in [0.25, 0.3) is 0 Å². The Balaban J connectivity index is 1.71. The van der Waals surface area contributed by atoms with E-state index in [0.29, 0.717) is 16.7 Å². The van der Waals surface area contributed by atoms with E-state index in [1.807, 2.05) is 110 Å². The fourth-order valence-electron chi connectivity index (χ4n) is 8.09. The molecular formula is C50H27N7. The summed E-state index contributed by atoms with van der Waals surface area (Å²) in [5.41, 5.74) is 9.09. The Labute approximate surface area is 328 Å². The zero-order valence-corrected chi connectivity index (χ0v) is 30.5. The van der Waals surface area contributed by atoms with Gasteiger partial charge in [0, 0.05) is 26.9 Å². The summed E-state index contributed by atoms with van der Waals surface area (Å²) in [5, 5.41) is 45.8. The van der Waals surface area contributed by atoms with Gasteiger partial charge in [-0.3, -0.25) is 0 Å². The SMILES string of the molecule is C=C(C#N)C(C#N)=Nc1c(C)c2c(-c3ccccc3)cc(-c3ccccc3)c3c4nc(C#N)c(C#N)nc4c4c(-c5ccccc5)cc(-c5ccccc5)c1c4c23. The van der Waals surface area contributed by atoms with Gasteiger partial charge >= 0.3 is 0 Å². The number of benzene rings is 8. The van der Waals surface area contributed by atoms with Crippen molar-refractivity contribution in [2.45, 2.75) is 6.92 Å². The van der Waals surface area contributed by atoms with Crippen molar-refractivity contribution < 1.29 is 0 Å². The predicted octanol–water partition coefficient (Wildman–Crippen LogP) is 11.9. The second kappa shape index (κ2) is 13.7. The second-order valence-electron chi connectivity index (χ2n) is 13.6. The van der Waals surface area contributed by atoms with E-state index in [4.69, 9.17) is 15.0 Å². The van der Waals surface area contributed by atoms with E-state index in [0.717, 1.165) is 82.4 Å². The third-order valence-corrected chi connectivity index (χ3v) is 10.5. The van der Waals surface area contributed by atoms with Crippen LogP contribution in [0, 0.1) is 52.2 Å². The van der Waals surface area contributed by atoms with Crippen molar-refractivity contribution >= 4 is 54.7 Å². The lowest BCUT2D eigenvalue weighted by atomic mass is 9.78. The molecule has 0 N–H and O–H groups in total. The van der Waals surface area contributed by atoms with Gasteiger partial charge in [-0.25, -0.2) is 15.0 Å². The topological polar surface area (TPSA) is 133 Å². The van der Waals surface area contributed by atoms with Gasteiger partial charge in [-0.15, -0.1) is 0 Å². The summed E-state index contributed by atoms with van der Waals surface area (Å²) in [6.45, 7) is 5.87. The Morgan fingerprint density at radius 1 is 0.491 bits per heavy atom. The molecule has 0 bridgehead atoms. The quantitative estimate of drug-likeness (QED) is 0.0725. The van der Waals surface area contributed by atoms with Crippen LogP contribution in [0.5, 0.6) is 0 Å². The molecule has 0 aliphatic rings. The Morgan fingerprint density at radius 3 is 1.23 bits per heavy atom. The molecule has 7 nitrogen and oxygen atoms in total. The summed E-state index contributed by atoms with van der Waals surface area (Å²) in [6.07, 6.45) is 0. The highest BCUT2D eigenvalue weighted by atomic mass is 14.8. The molecule has 0 unspecified atom stereocenters. The number of nitriles is 4. The zero-order valence-electron chi connectivity index (χ0n) is 30.5. The van der Waals surface area contributed by atoms with Gasteiger partial charge in [-0.05, 0) is 74.5 Å². The minimum atomic E-state index is -0.0981. The molecule has 0 aliphatic heterocycles. The summed E-state index contributed by atoms with van der Waals surface area (Å²) >= 11 is 0. The summed E-state index contributed by atoms with van der Waals surface area (Å²) in [6, 6.07) is 52.8. The van der Waals surface area contributed by atoms with E-state index in [2.05, 4.69) is 61.2 Å². The van der Waals surface area contributed by atoms with Crippen molar-refractivity contribution in [2.24, 2.45) is 4.99 Å². The van der Waals surface area contributed by atoms with Gasteiger partial charge < -0.3 is 0 Å². The van der Waals surface area contributed by atoms with Crippen molar-refractivity contribution in [3.63, 3.8) is 0 Å². The van der Waals surface area contributed by atoms with Crippen LogP contribution in [0.25, 0.3) is 87.9 Å². The molecule has 9 aromatic rings. The van der Waals surface area contributed by atoms with Crippen LogP contribution in [-0.4, -0.2) is 15.7 Å². The van der Waals surface area contributed by atoms with Crippen LogP contribution in [0.3, 0.4) is 0 Å². The molecule has 0 amide bonds. The molecule has 0 spiro atoms. The number of allylic oxidation sites excluding steroid dienone is 1. The van der Waals surface area contributed by atoms with E-state index in [1.54, 1.807) is 0 Å². The average molecular weight is 726 g/mol. The van der Waals surface area contributed by atoms with E-state index in [9.17, 15) is 21.0 Å². The maximum Gasteiger partial charge on any atom is 0.177 e. The fraction of sp³-hybridized carbons (Fsp3) is 0.0200. The Bertz CT molecular complexity index is 3330. The number of aliphatic imine (C=N–C) groups is 1. The molecule has 0 saturated heterocycles. The molecule has 8 aromatic carbocycles. The maximum absolute atomic E-state index is 10.4. The molecule has 262 valence electrons. The van der Waals surface area contributed by atoms with Gasteiger partial charge in [0.1, 0.15) is 24.3 Å². The minimum absolute atomic E-state index is 0.0538. The van der Waals surface area contributed by atoms with Crippen molar-refractivity contribution in [1.29, 1.82) is 21.0 Å². The standard InChI is InChI=1S/C50H27N7/c1-29(25-51)39(26-52)55-48-30(2)42-35(31-15-7-3-8-16-31)23-37(33-19-11-5-12-20-33)44-46(42)47-43(48)36(32-17-9-4-10-18-32)24-38(34-21-13-6-14-22-34)45(47)50-49(44)56-40(27-53)41(28-54)57-50/h3-24H,1H2,2H3. The summed E-state index contributed by atoms with van der Waals surface area (Å²) in [5.74, 6) is 0. The number of aromatic nitrogens is 2. The number of aryl methyl sites for hydroxylation is 1. The van der Waals surface area contributed by atoms with Crippen molar-refractivity contribution in [1.82, 2.24) is 9.97 Å². The fourth-order valence-corrected chi connectivity index (χ4v) is 8.09. The van der Waals surface area contributed by atoms with Crippen LogP contribution < -0.4 is 0 Å². The van der Waals surface area contributed by atoms with E-state index < -0.39 is 0 Å². The Kier molecular flexibility index (Phi) is 8.26. The molecule has 57 heavy (non-hydrogen) atoms. The first-order valence-corrected chi connectivity index (χ1v) is 18.1. The molecule has 0 atom stereocenters. The minimum Gasteiger partial charge on any atom is -0.235 e. The van der Waals surface area contributed by atoms with E-state index >= 15 is 0 Å². The van der Waals surface area contributed by atoms with Crippen LogP contribution in [0.4, 0.5) is 5.69 Å². The van der Waals surface area contributed by atoms with Crippen LogP contribution in [0.1, 0.15) is 17.0 Å². The average Bonchev–Trinajstić information content (AvgIpc) is 3.28. The van der Waals surface area contributed by atoms with E-state index in [-0.39, 0.29) is 22.7 Å². The van der Waals surface area contributed by atoms with Gasteiger partial charge in [0.15, 0.2) is 17.1 Å². The van der Waals surface area contributed by atoms with Gasteiger partial charge in [0.2, 0.25) is 0 Å². The van der Waals surface area contributed by atoms with E-state index in [1.165, 1.54) is 0 Å². The van der Waals surface area contributed by atoms with Gasteiger partial charge in [-0.1, -0.05) is 128 Å². The molecule has 7 heteroatoms. The van der Waals surface area contributed by atoms with Crippen LogP contribution >= 0.6 is 0 Å². The largest absolute Gasteiger partial charge is 0.235 e. The van der Waals surface area contributed by atoms with Crippen LogP contribution in [-0.2, 0) is 0 Å². The first kappa shape index (κ1) is 34.3. The zero-order chi connectivity index (χ0) is 39.2.